The standard InChI is InChI=1S/C15H23N3O2.HI/c1-13-5-2-3-6-14(13)20-10-4-7-17-15(16)18-8-11-19-12-9-18;/h2-3,5-6H,4,7-12H2,1H3,(H2,16,17);1H. The van der Waals surface area contributed by atoms with Crippen molar-refractivity contribution in [2.24, 2.45) is 10.7 Å². The normalized spacial score (nSPS) is 15.5. The van der Waals surface area contributed by atoms with Gasteiger partial charge in [-0.25, -0.2) is 0 Å². The summed E-state index contributed by atoms with van der Waals surface area (Å²) in [7, 11) is 0. The lowest BCUT2D eigenvalue weighted by atomic mass is 10.2. The maximum atomic E-state index is 5.95. The van der Waals surface area contributed by atoms with E-state index in [-0.39, 0.29) is 24.0 Å². The summed E-state index contributed by atoms with van der Waals surface area (Å²) in [5.41, 5.74) is 7.10. The summed E-state index contributed by atoms with van der Waals surface area (Å²) in [4.78, 5) is 6.45. The van der Waals surface area contributed by atoms with Crippen LogP contribution in [-0.4, -0.2) is 50.3 Å². The van der Waals surface area contributed by atoms with Gasteiger partial charge in [0.05, 0.1) is 19.8 Å². The molecule has 5 nitrogen and oxygen atoms in total. The molecule has 1 aliphatic heterocycles. The van der Waals surface area contributed by atoms with Gasteiger partial charge in [0, 0.05) is 26.1 Å². The molecular formula is C15H24IN3O2. The van der Waals surface area contributed by atoms with E-state index in [2.05, 4.69) is 9.89 Å². The molecule has 0 bridgehead atoms. The number of rotatable bonds is 5. The van der Waals surface area contributed by atoms with Crippen molar-refractivity contribution < 1.29 is 9.47 Å². The van der Waals surface area contributed by atoms with Crippen LogP contribution in [0.1, 0.15) is 12.0 Å². The molecule has 0 radical (unpaired) electrons. The van der Waals surface area contributed by atoms with Gasteiger partial charge in [-0.1, -0.05) is 18.2 Å². The number of para-hydroxylation sites is 1. The smallest absolute Gasteiger partial charge is 0.191 e. The zero-order valence-electron chi connectivity index (χ0n) is 12.5. The first-order valence-corrected chi connectivity index (χ1v) is 7.08. The second-order valence-electron chi connectivity index (χ2n) is 4.81. The molecule has 1 heterocycles. The minimum atomic E-state index is 0. The van der Waals surface area contributed by atoms with Gasteiger partial charge >= 0.3 is 0 Å². The average molecular weight is 405 g/mol. The number of hydrogen-bond donors (Lipinski definition) is 1. The Kier molecular flexibility index (Phi) is 8.44. The van der Waals surface area contributed by atoms with E-state index < -0.39 is 0 Å². The molecular weight excluding hydrogens is 381 g/mol. The molecule has 0 spiro atoms. The Morgan fingerprint density at radius 3 is 2.76 bits per heavy atom. The third kappa shape index (κ3) is 6.09. The van der Waals surface area contributed by atoms with Gasteiger partial charge < -0.3 is 20.1 Å². The fourth-order valence-corrected chi connectivity index (χ4v) is 2.05. The van der Waals surface area contributed by atoms with Crippen LogP contribution in [0.15, 0.2) is 29.3 Å². The number of aliphatic imine (C=N–C) groups is 1. The van der Waals surface area contributed by atoms with Crippen LogP contribution in [0.2, 0.25) is 0 Å². The average Bonchev–Trinajstić information content (AvgIpc) is 2.49. The third-order valence-electron chi connectivity index (χ3n) is 3.26. The van der Waals surface area contributed by atoms with Gasteiger partial charge in [-0.2, -0.15) is 0 Å². The van der Waals surface area contributed by atoms with Gasteiger partial charge in [-0.15, -0.1) is 24.0 Å². The van der Waals surface area contributed by atoms with Crippen LogP contribution in [-0.2, 0) is 4.74 Å². The second kappa shape index (κ2) is 9.83. The number of halogens is 1. The summed E-state index contributed by atoms with van der Waals surface area (Å²) >= 11 is 0. The fourth-order valence-electron chi connectivity index (χ4n) is 2.05. The third-order valence-corrected chi connectivity index (χ3v) is 3.26. The molecule has 2 N–H and O–H groups in total. The molecule has 21 heavy (non-hydrogen) atoms. The van der Waals surface area contributed by atoms with E-state index in [9.17, 15) is 0 Å². The highest BCUT2D eigenvalue weighted by Crippen LogP contribution is 2.16. The number of hydrogen-bond acceptors (Lipinski definition) is 3. The minimum Gasteiger partial charge on any atom is -0.493 e. The minimum absolute atomic E-state index is 0. The molecule has 1 fully saturated rings. The summed E-state index contributed by atoms with van der Waals surface area (Å²) < 4.78 is 11.0. The lowest BCUT2D eigenvalue weighted by Gasteiger charge is -2.27. The van der Waals surface area contributed by atoms with Crippen molar-refractivity contribution in [1.82, 2.24) is 4.90 Å². The Bertz CT molecular complexity index is 448. The van der Waals surface area contributed by atoms with Gasteiger partial charge in [-0.3, -0.25) is 4.99 Å². The van der Waals surface area contributed by atoms with E-state index in [1.165, 1.54) is 0 Å². The Morgan fingerprint density at radius 1 is 1.33 bits per heavy atom. The molecule has 1 aromatic carbocycles. The molecule has 2 rings (SSSR count). The van der Waals surface area contributed by atoms with Crippen LogP contribution in [0.3, 0.4) is 0 Å². The highest BCUT2D eigenvalue weighted by Gasteiger charge is 2.11. The van der Waals surface area contributed by atoms with E-state index in [1.54, 1.807) is 0 Å². The van der Waals surface area contributed by atoms with E-state index in [1.807, 2.05) is 31.2 Å². The summed E-state index contributed by atoms with van der Waals surface area (Å²) in [5.74, 6) is 1.56. The van der Waals surface area contributed by atoms with Crippen LogP contribution in [0.4, 0.5) is 0 Å². The first-order chi connectivity index (χ1) is 9.77. The van der Waals surface area contributed by atoms with Crippen molar-refractivity contribution in [1.29, 1.82) is 0 Å². The Balaban J connectivity index is 0.00000220. The van der Waals surface area contributed by atoms with Crippen molar-refractivity contribution in [3.05, 3.63) is 29.8 Å². The molecule has 0 aliphatic carbocycles. The molecule has 1 aromatic rings. The number of aryl methyl sites for hydroxylation is 1. The monoisotopic (exact) mass is 405 g/mol. The maximum absolute atomic E-state index is 5.95. The van der Waals surface area contributed by atoms with Gasteiger partial charge in [0.2, 0.25) is 0 Å². The molecule has 1 aliphatic rings. The summed E-state index contributed by atoms with van der Waals surface area (Å²) in [5, 5.41) is 0. The predicted octanol–water partition coefficient (Wildman–Crippen LogP) is 2.03. The van der Waals surface area contributed by atoms with E-state index in [0.717, 1.165) is 44.0 Å². The van der Waals surface area contributed by atoms with Crippen molar-refractivity contribution in [3.63, 3.8) is 0 Å². The number of ether oxygens (including phenoxy) is 2. The zero-order valence-corrected chi connectivity index (χ0v) is 14.8. The summed E-state index contributed by atoms with van der Waals surface area (Å²) in [6, 6.07) is 8.02. The first kappa shape index (κ1) is 18.0. The van der Waals surface area contributed by atoms with Crippen LogP contribution in [0.5, 0.6) is 5.75 Å². The van der Waals surface area contributed by atoms with E-state index >= 15 is 0 Å². The van der Waals surface area contributed by atoms with Crippen LogP contribution in [0, 0.1) is 6.92 Å². The second-order valence-corrected chi connectivity index (χ2v) is 4.81. The number of nitrogens with two attached hydrogens (primary N) is 1. The van der Waals surface area contributed by atoms with Crippen LogP contribution in [0.25, 0.3) is 0 Å². The molecule has 0 unspecified atom stereocenters. The molecule has 0 amide bonds. The molecule has 118 valence electrons. The Hall–Kier alpha value is -1.02. The highest BCUT2D eigenvalue weighted by atomic mass is 127. The van der Waals surface area contributed by atoms with Crippen molar-refractivity contribution in [3.8, 4) is 5.75 Å². The number of nitrogens with zero attached hydrogens (tertiary/aromatic N) is 2. The van der Waals surface area contributed by atoms with Gasteiger partial charge in [0.25, 0.3) is 0 Å². The Labute approximate surface area is 143 Å². The number of benzene rings is 1. The van der Waals surface area contributed by atoms with E-state index in [4.69, 9.17) is 15.2 Å². The maximum Gasteiger partial charge on any atom is 0.191 e. The molecule has 6 heteroatoms. The summed E-state index contributed by atoms with van der Waals surface area (Å²) in [6.07, 6.45) is 0.860. The molecule has 1 saturated heterocycles. The van der Waals surface area contributed by atoms with Crippen molar-refractivity contribution in [2.75, 3.05) is 39.5 Å². The number of morpholine rings is 1. The predicted molar refractivity (Wildman–Crippen MR) is 95.6 cm³/mol. The van der Waals surface area contributed by atoms with Gasteiger partial charge in [-0.05, 0) is 18.6 Å². The van der Waals surface area contributed by atoms with Crippen LogP contribution < -0.4 is 10.5 Å². The highest BCUT2D eigenvalue weighted by molar-refractivity contribution is 14.0. The van der Waals surface area contributed by atoms with Crippen molar-refractivity contribution in [2.45, 2.75) is 13.3 Å². The topological polar surface area (TPSA) is 60.1 Å². The first-order valence-electron chi connectivity index (χ1n) is 7.08. The lowest BCUT2D eigenvalue weighted by molar-refractivity contribution is 0.0674. The molecule has 0 saturated carbocycles. The van der Waals surface area contributed by atoms with E-state index in [0.29, 0.717) is 19.1 Å². The number of guanidine groups is 1. The van der Waals surface area contributed by atoms with Gasteiger partial charge in [0.15, 0.2) is 5.96 Å². The Morgan fingerprint density at radius 2 is 2.05 bits per heavy atom. The quantitative estimate of drug-likeness (QED) is 0.353. The molecule has 0 atom stereocenters. The zero-order chi connectivity index (χ0) is 14.2. The van der Waals surface area contributed by atoms with Crippen molar-refractivity contribution >= 4 is 29.9 Å². The van der Waals surface area contributed by atoms with Gasteiger partial charge in [0.1, 0.15) is 5.75 Å². The fraction of sp³-hybridized carbons (Fsp3) is 0.533. The van der Waals surface area contributed by atoms with Crippen LogP contribution >= 0.6 is 24.0 Å². The SMILES string of the molecule is Cc1ccccc1OCCCN=C(N)N1CCOCC1.I. The summed E-state index contributed by atoms with van der Waals surface area (Å²) in [6.45, 7) is 6.51. The molecule has 0 aromatic heterocycles. The lowest BCUT2D eigenvalue weighted by Crippen LogP contribution is -2.44. The largest absolute Gasteiger partial charge is 0.493 e.